The highest BCUT2D eigenvalue weighted by Crippen LogP contribution is 2.29. The minimum Gasteiger partial charge on any atom is -0.299 e. The van der Waals surface area contributed by atoms with Crippen molar-refractivity contribution >= 4 is 0 Å². The second-order valence-corrected chi connectivity index (χ2v) is 9.90. The van der Waals surface area contributed by atoms with E-state index in [2.05, 4.69) is 60.2 Å². The Morgan fingerprint density at radius 1 is 1.03 bits per heavy atom. The molecule has 184 valence electrons. The quantitative estimate of drug-likeness (QED) is 0.470. The van der Waals surface area contributed by atoms with Crippen LogP contribution in [0.2, 0.25) is 0 Å². The normalized spacial score (nSPS) is 16.4. The summed E-state index contributed by atoms with van der Waals surface area (Å²) in [6.45, 7) is 11.1. The van der Waals surface area contributed by atoms with Crippen LogP contribution in [-0.4, -0.2) is 55.5 Å². The van der Waals surface area contributed by atoms with E-state index in [0.717, 1.165) is 68.9 Å². The van der Waals surface area contributed by atoms with Crippen molar-refractivity contribution in [3.8, 4) is 0 Å². The standard InChI is InChI=1S/C27H39FN6/c1-6-34-19-25(21(3)30-34)18-33-13-11-22(12-14-33)27(15-23-9-7-8-10-26(23)28)31(4)16-24-17-32(5)29-20(24)2/h7-10,17,19,22,27H,6,11-16,18H2,1-5H3/t27-/m1/s1. The lowest BCUT2D eigenvalue weighted by molar-refractivity contribution is 0.0947. The van der Waals surface area contributed by atoms with E-state index < -0.39 is 0 Å². The van der Waals surface area contributed by atoms with Crippen molar-refractivity contribution in [2.24, 2.45) is 13.0 Å². The average molecular weight is 467 g/mol. The van der Waals surface area contributed by atoms with Gasteiger partial charge in [-0.25, -0.2) is 4.39 Å². The van der Waals surface area contributed by atoms with Gasteiger partial charge in [0.2, 0.25) is 0 Å². The van der Waals surface area contributed by atoms with E-state index in [9.17, 15) is 4.39 Å². The minimum absolute atomic E-state index is 0.0979. The predicted octanol–water partition coefficient (Wildman–Crippen LogP) is 4.35. The molecule has 0 bridgehead atoms. The molecule has 7 heteroatoms. The highest BCUT2D eigenvalue weighted by atomic mass is 19.1. The molecule has 0 amide bonds. The van der Waals surface area contributed by atoms with Gasteiger partial charge < -0.3 is 0 Å². The van der Waals surface area contributed by atoms with Crippen molar-refractivity contribution in [1.29, 1.82) is 0 Å². The van der Waals surface area contributed by atoms with Crippen molar-refractivity contribution in [2.45, 2.75) is 65.7 Å². The second-order valence-electron chi connectivity index (χ2n) is 9.90. The van der Waals surface area contributed by atoms with E-state index >= 15 is 0 Å². The Balaban J connectivity index is 1.45. The van der Waals surface area contributed by atoms with Crippen LogP contribution in [0.3, 0.4) is 0 Å². The summed E-state index contributed by atoms with van der Waals surface area (Å²) in [5.41, 5.74) is 5.58. The van der Waals surface area contributed by atoms with E-state index in [1.165, 1.54) is 11.1 Å². The molecular formula is C27H39FN6. The van der Waals surface area contributed by atoms with Gasteiger partial charge in [-0.1, -0.05) is 18.2 Å². The molecule has 3 aromatic rings. The van der Waals surface area contributed by atoms with E-state index in [0.29, 0.717) is 5.92 Å². The molecule has 0 radical (unpaired) electrons. The summed E-state index contributed by atoms with van der Waals surface area (Å²) in [5, 5.41) is 9.12. The molecule has 1 aliphatic heterocycles. The Hall–Kier alpha value is -2.51. The zero-order chi connectivity index (χ0) is 24.2. The van der Waals surface area contributed by atoms with Gasteiger partial charge in [-0.05, 0) is 77.7 Å². The molecule has 0 spiro atoms. The highest BCUT2D eigenvalue weighted by Gasteiger charge is 2.30. The molecule has 2 aromatic heterocycles. The number of halogens is 1. The minimum atomic E-state index is -0.0979. The molecule has 0 saturated carbocycles. The van der Waals surface area contributed by atoms with Crippen LogP contribution in [0.5, 0.6) is 0 Å². The summed E-state index contributed by atoms with van der Waals surface area (Å²) < 4.78 is 18.5. The van der Waals surface area contributed by atoms with Gasteiger partial charge in [0.15, 0.2) is 0 Å². The Morgan fingerprint density at radius 3 is 2.35 bits per heavy atom. The first-order valence-corrected chi connectivity index (χ1v) is 12.5. The van der Waals surface area contributed by atoms with Crippen molar-refractivity contribution in [1.82, 2.24) is 29.4 Å². The summed E-state index contributed by atoms with van der Waals surface area (Å²) in [5.74, 6) is 0.427. The lowest BCUT2D eigenvalue weighted by atomic mass is 9.84. The molecule has 0 aliphatic carbocycles. The van der Waals surface area contributed by atoms with Gasteiger partial charge >= 0.3 is 0 Å². The van der Waals surface area contributed by atoms with Crippen LogP contribution >= 0.6 is 0 Å². The number of piperidine rings is 1. The number of aryl methyl sites for hydroxylation is 4. The zero-order valence-corrected chi connectivity index (χ0v) is 21.3. The summed E-state index contributed by atoms with van der Waals surface area (Å²) in [4.78, 5) is 4.97. The van der Waals surface area contributed by atoms with Gasteiger partial charge in [-0.15, -0.1) is 0 Å². The Bertz CT molecular complexity index is 1080. The van der Waals surface area contributed by atoms with Crippen LogP contribution < -0.4 is 0 Å². The Kier molecular flexibility index (Phi) is 7.84. The largest absolute Gasteiger partial charge is 0.299 e. The van der Waals surface area contributed by atoms with Crippen LogP contribution in [0, 0.1) is 25.6 Å². The maximum atomic E-state index is 14.6. The van der Waals surface area contributed by atoms with Crippen LogP contribution in [0.4, 0.5) is 4.39 Å². The molecule has 4 rings (SSSR count). The van der Waals surface area contributed by atoms with Crippen LogP contribution in [0.15, 0.2) is 36.7 Å². The molecule has 1 aliphatic rings. The summed E-state index contributed by atoms with van der Waals surface area (Å²) in [6, 6.07) is 7.52. The van der Waals surface area contributed by atoms with E-state index in [1.807, 2.05) is 28.5 Å². The third-order valence-electron chi connectivity index (χ3n) is 7.43. The third kappa shape index (κ3) is 5.76. The number of nitrogens with zero attached hydrogens (tertiary/aromatic N) is 6. The number of likely N-dealkylation sites (tertiary alicyclic amines) is 1. The average Bonchev–Trinajstić information content (AvgIpc) is 3.33. The lowest BCUT2D eigenvalue weighted by Gasteiger charge is -2.40. The van der Waals surface area contributed by atoms with E-state index in [1.54, 1.807) is 12.1 Å². The molecule has 6 nitrogen and oxygen atoms in total. The molecule has 3 heterocycles. The highest BCUT2D eigenvalue weighted by molar-refractivity contribution is 5.20. The van der Waals surface area contributed by atoms with Gasteiger partial charge in [-0.3, -0.25) is 19.2 Å². The molecule has 1 saturated heterocycles. The van der Waals surface area contributed by atoms with Crippen LogP contribution in [0.1, 0.15) is 47.8 Å². The molecule has 1 atom stereocenters. The maximum absolute atomic E-state index is 14.6. The first kappa shape index (κ1) is 24.6. The molecular weight excluding hydrogens is 427 g/mol. The Labute approximate surface area is 203 Å². The fraction of sp³-hybridized carbons (Fsp3) is 0.556. The van der Waals surface area contributed by atoms with Crippen molar-refractivity contribution < 1.29 is 4.39 Å². The molecule has 0 unspecified atom stereocenters. The van der Waals surface area contributed by atoms with Crippen molar-refractivity contribution in [2.75, 3.05) is 20.1 Å². The SMILES string of the molecule is CCn1cc(CN2CCC([C@@H](Cc3ccccc3F)N(C)Cc3cn(C)nc3C)CC2)c(C)n1. The van der Waals surface area contributed by atoms with Gasteiger partial charge in [-0.2, -0.15) is 10.2 Å². The predicted molar refractivity (Wildman–Crippen MR) is 134 cm³/mol. The molecule has 0 N–H and O–H groups in total. The fourth-order valence-electron chi connectivity index (χ4n) is 5.37. The number of hydrogen-bond donors (Lipinski definition) is 0. The summed E-state index contributed by atoms with van der Waals surface area (Å²) in [6.07, 6.45) is 7.27. The lowest BCUT2D eigenvalue weighted by Crippen LogP contribution is -2.45. The zero-order valence-electron chi connectivity index (χ0n) is 21.3. The van der Waals surface area contributed by atoms with Gasteiger partial charge in [0.25, 0.3) is 0 Å². The number of rotatable bonds is 9. The fourth-order valence-corrected chi connectivity index (χ4v) is 5.37. The number of hydrogen-bond acceptors (Lipinski definition) is 4. The van der Waals surface area contributed by atoms with Gasteiger partial charge in [0.1, 0.15) is 5.82 Å². The first-order valence-electron chi connectivity index (χ1n) is 12.5. The van der Waals surface area contributed by atoms with Crippen LogP contribution in [0.25, 0.3) is 0 Å². The smallest absolute Gasteiger partial charge is 0.126 e. The number of likely N-dealkylation sites (N-methyl/N-ethyl adjacent to an activating group) is 1. The first-order chi connectivity index (χ1) is 16.3. The van der Waals surface area contributed by atoms with Crippen LogP contribution in [-0.2, 0) is 33.1 Å². The second kappa shape index (κ2) is 10.8. The maximum Gasteiger partial charge on any atom is 0.126 e. The van der Waals surface area contributed by atoms with E-state index in [-0.39, 0.29) is 11.9 Å². The van der Waals surface area contributed by atoms with Crippen molar-refractivity contribution in [3.63, 3.8) is 0 Å². The topological polar surface area (TPSA) is 42.1 Å². The molecule has 1 aromatic carbocycles. The Morgan fingerprint density at radius 2 is 1.74 bits per heavy atom. The van der Waals surface area contributed by atoms with Crippen molar-refractivity contribution in [3.05, 3.63) is 70.6 Å². The third-order valence-corrected chi connectivity index (χ3v) is 7.43. The molecule has 34 heavy (non-hydrogen) atoms. The molecule has 1 fully saturated rings. The number of benzene rings is 1. The monoisotopic (exact) mass is 466 g/mol. The van der Waals surface area contributed by atoms with Gasteiger partial charge in [0, 0.05) is 56.2 Å². The number of aromatic nitrogens is 4. The summed E-state index contributed by atoms with van der Waals surface area (Å²) >= 11 is 0. The van der Waals surface area contributed by atoms with E-state index in [4.69, 9.17) is 0 Å². The van der Waals surface area contributed by atoms with Gasteiger partial charge in [0.05, 0.1) is 11.4 Å². The summed E-state index contributed by atoms with van der Waals surface area (Å²) in [7, 11) is 4.15.